The molecule has 2 heterocycles. The molecule has 5 heteroatoms. The van der Waals surface area contributed by atoms with Crippen molar-refractivity contribution in [1.82, 2.24) is 15.1 Å². The van der Waals surface area contributed by atoms with E-state index in [0.29, 0.717) is 17.5 Å². The molecule has 0 aliphatic rings. The van der Waals surface area contributed by atoms with Gasteiger partial charge in [0, 0.05) is 12.6 Å². The van der Waals surface area contributed by atoms with Crippen molar-refractivity contribution in [1.29, 1.82) is 0 Å². The Bertz CT molecular complexity index is 414. The summed E-state index contributed by atoms with van der Waals surface area (Å²) in [6.07, 6.45) is 4.09. The molecule has 0 aromatic carbocycles. The Kier molecular flexibility index (Phi) is 2.92. The summed E-state index contributed by atoms with van der Waals surface area (Å²) in [7, 11) is 0. The second-order valence-corrected chi connectivity index (χ2v) is 2.94. The number of hydrogen-bond donors (Lipinski definition) is 0. The molecular formula is C10H11N3O2. The van der Waals surface area contributed by atoms with E-state index in [9.17, 15) is 0 Å². The van der Waals surface area contributed by atoms with Crippen LogP contribution >= 0.6 is 0 Å². The predicted octanol–water partition coefficient (Wildman–Crippen LogP) is 1.61. The molecule has 2 rings (SSSR count). The Morgan fingerprint density at radius 3 is 3.07 bits per heavy atom. The number of pyridine rings is 1. The highest BCUT2D eigenvalue weighted by molar-refractivity contribution is 5.15. The maximum Gasteiger partial charge on any atom is 0.264 e. The maximum atomic E-state index is 5.39. The molecular weight excluding hydrogens is 194 g/mol. The lowest BCUT2D eigenvalue weighted by molar-refractivity contribution is 0.242. The van der Waals surface area contributed by atoms with Crippen LogP contribution in [0.25, 0.3) is 0 Å². The molecule has 2 aromatic heterocycles. The van der Waals surface area contributed by atoms with Gasteiger partial charge < -0.3 is 9.26 Å². The standard InChI is InChI=1S/C10H11N3O2/c1-2-9-12-10(15-13-9)7-14-8-4-3-5-11-6-8/h3-6H,2,7H2,1H3. The summed E-state index contributed by atoms with van der Waals surface area (Å²) in [5.41, 5.74) is 0. The van der Waals surface area contributed by atoms with E-state index >= 15 is 0 Å². The molecule has 0 spiro atoms. The van der Waals surface area contributed by atoms with Crippen LogP contribution < -0.4 is 4.74 Å². The summed E-state index contributed by atoms with van der Waals surface area (Å²) >= 11 is 0. The third-order valence-corrected chi connectivity index (χ3v) is 1.82. The first-order chi connectivity index (χ1) is 7.38. The molecule has 0 unspecified atom stereocenters. The minimum Gasteiger partial charge on any atom is -0.482 e. The predicted molar refractivity (Wildman–Crippen MR) is 52.2 cm³/mol. The summed E-state index contributed by atoms with van der Waals surface area (Å²) in [6, 6.07) is 3.63. The van der Waals surface area contributed by atoms with Crippen molar-refractivity contribution in [2.75, 3.05) is 0 Å². The first-order valence-electron chi connectivity index (χ1n) is 4.72. The lowest BCUT2D eigenvalue weighted by atomic mass is 10.4. The SMILES string of the molecule is CCc1noc(COc2cccnc2)n1. The lowest BCUT2D eigenvalue weighted by Gasteiger charge is -2.00. The first-order valence-corrected chi connectivity index (χ1v) is 4.72. The molecule has 0 fully saturated rings. The van der Waals surface area contributed by atoms with Crippen LogP contribution in [0.3, 0.4) is 0 Å². The lowest BCUT2D eigenvalue weighted by Crippen LogP contribution is -1.96. The van der Waals surface area contributed by atoms with Gasteiger partial charge in [0.2, 0.25) is 0 Å². The van der Waals surface area contributed by atoms with E-state index < -0.39 is 0 Å². The van der Waals surface area contributed by atoms with Gasteiger partial charge in [0.1, 0.15) is 5.75 Å². The second-order valence-electron chi connectivity index (χ2n) is 2.94. The molecule has 0 saturated carbocycles. The highest BCUT2D eigenvalue weighted by Gasteiger charge is 2.04. The van der Waals surface area contributed by atoms with E-state index in [1.54, 1.807) is 18.5 Å². The van der Waals surface area contributed by atoms with Crippen LogP contribution in [0.15, 0.2) is 29.0 Å². The van der Waals surface area contributed by atoms with E-state index in [1.807, 2.05) is 13.0 Å². The Morgan fingerprint density at radius 2 is 2.40 bits per heavy atom. The van der Waals surface area contributed by atoms with Crippen molar-refractivity contribution < 1.29 is 9.26 Å². The minimum absolute atomic E-state index is 0.276. The van der Waals surface area contributed by atoms with Crippen molar-refractivity contribution >= 4 is 0 Å². The Morgan fingerprint density at radius 1 is 1.47 bits per heavy atom. The summed E-state index contributed by atoms with van der Waals surface area (Å²) in [5, 5.41) is 3.77. The molecule has 0 aliphatic heterocycles. The average Bonchev–Trinajstić information content (AvgIpc) is 2.76. The third kappa shape index (κ3) is 2.52. The van der Waals surface area contributed by atoms with Crippen LogP contribution in [0, 0.1) is 0 Å². The second kappa shape index (κ2) is 4.54. The van der Waals surface area contributed by atoms with E-state index in [1.165, 1.54) is 0 Å². The van der Waals surface area contributed by atoms with Crippen molar-refractivity contribution in [2.45, 2.75) is 20.0 Å². The van der Waals surface area contributed by atoms with Gasteiger partial charge in [-0.15, -0.1) is 0 Å². The van der Waals surface area contributed by atoms with Crippen molar-refractivity contribution in [3.8, 4) is 5.75 Å². The van der Waals surface area contributed by atoms with Crippen LogP contribution in [-0.2, 0) is 13.0 Å². The number of hydrogen-bond acceptors (Lipinski definition) is 5. The van der Waals surface area contributed by atoms with Gasteiger partial charge in [-0.1, -0.05) is 12.1 Å². The zero-order valence-corrected chi connectivity index (χ0v) is 8.38. The van der Waals surface area contributed by atoms with Gasteiger partial charge >= 0.3 is 0 Å². The fourth-order valence-corrected chi connectivity index (χ4v) is 1.07. The summed E-state index contributed by atoms with van der Waals surface area (Å²) in [4.78, 5) is 8.05. The zero-order valence-electron chi connectivity index (χ0n) is 8.38. The number of nitrogens with zero attached hydrogens (tertiary/aromatic N) is 3. The minimum atomic E-state index is 0.276. The highest BCUT2D eigenvalue weighted by atomic mass is 16.5. The Balaban J connectivity index is 1.93. The van der Waals surface area contributed by atoms with Gasteiger partial charge in [-0.2, -0.15) is 4.98 Å². The topological polar surface area (TPSA) is 61.0 Å². The number of ether oxygens (including phenoxy) is 1. The monoisotopic (exact) mass is 205 g/mol. The van der Waals surface area contributed by atoms with Crippen molar-refractivity contribution in [2.24, 2.45) is 0 Å². The molecule has 0 radical (unpaired) electrons. The molecule has 0 amide bonds. The molecule has 5 nitrogen and oxygen atoms in total. The van der Waals surface area contributed by atoms with Crippen LogP contribution in [0.4, 0.5) is 0 Å². The highest BCUT2D eigenvalue weighted by Crippen LogP contribution is 2.09. The van der Waals surface area contributed by atoms with Gasteiger partial charge in [-0.05, 0) is 12.1 Å². The van der Waals surface area contributed by atoms with E-state index in [-0.39, 0.29) is 6.61 Å². The molecule has 0 bridgehead atoms. The van der Waals surface area contributed by atoms with Gasteiger partial charge in [0.05, 0.1) is 6.20 Å². The summed E-state index contributed by atoms with van der Waals surface area (Å²) in [6.45, 7) is 2.25. The van der Waals surface area contributed by atoms with Gasteiger partial charge in [0.25, 0.3) is 5.89 Å². The Labute approximate surface area is 87.1 Å². The van der Waals surface area contributed by atoms with Crippen LogP contribution in [-0.4, -0.2) is 15.1 Å². The molecule has 0 aliphatic carbocycles. The number of rotatable bonds is 4. The van der Waals surface area contributed by atoms with Crippen LogP contribution in [0.2, 0.25) is 0 Å². The third-order valence-electron chi connectivity index (χ3n) is 1.82. The molecule has 0 atom stereocenters. The normalized spacial score (nSPS) is 10.2. The fraction of sp³-hybridized carbons (Fsp3) is 0.300. The van der Waals surface area contributed by atoms with E-state index in [4.69, 9.17) is 9.26 Å². The van der Waals surface area contributed by atoms with Crippen molar-refractivity contribution in [3.63, 3.8) is 0 Å². The number of aryl methyl sites for hydroxylation is 1. The van der Waals surface area contributed by atoms with Gasteiger partial charge in [0.15, 0.2) is 12.4 Å². The van der Waals surface area contributed by atoms with E-state index in [2.05, 4.69) is 15.1 Å². The number of aromatic nitrogens is 3. The Hall–Kier alpha value is -1.91. The fourth-order valence-electron chi connectivity index (χ4n) is 1.07. The average molecular weight is 205 g/mol. The summed E-state index contributed by atoms with van der Waals surface area (Å²) in [5.74, 6) is 1.87. The molecule has 15 heavy (non-hydrogen) atoms. The first kappa shape index (κ1) is 9.64. The zero-order chi connectivity index (χ0) is 10.5. The molecule has 0 saturated heterocycles. The van der Waals surface area contributed by atoms with Crippen LogP contribution in [0.1, 0.15) is 18.6 Å². The summed E-state index contributed by atoms with van der Waals surface area (Å²) < 4.78 is 10.4. The molecule has 0 N–H and O–H groups in total. The molecule has 2 aromatic rings. The molecule has 78 valence electrons. The maximum absolute atomic E-state index is 5.39. The van der Waals surface area contributed by atoms with Gasteiger partial charge in [-0.3, -0.25) is 4.98 Å². The smallest absolute Gasteiger partial charge is 0.264 e. The van der Waals surface area contributed by atoms with Gasteiger partial charge in [-0.25, -0.2) is 0 Å². The van der Waals surface area contributed by atoms with Crippen LogP contribution in [0.5, 0.6) is 5.75 Å². The largest absolute Gasteiger partial charge is 0.482 e. The van der Waals surface area contributed by atoms with Crippen molar-refractivity contribution in [3.05, 3.63) is 36.2 Å². The van der Waals surface area contributed by atoms with E-state index in [0.717, 1.165) is 6.42 Å². The quantitative estimate of drug-likeness (QED) is 0.758.